The predicted molar refractivity (Wildman–Crippen MR) is 115 cm³/mol. The van der Waals surface area contributed by atoms with Crippen molar-refractivity contribution in [2.75, 3.05) is 0 Å². The van der Waals surface area contributed by atoms with Gasteiger partial charge in [-0.05, 0) is 17.7 Å². The first kappa shape index (κ1) is 22.6. The van der Waals surface area contributed by atoms with Crippen molar-refractivity contribution in [3.63, 3.8) is 0 Å². The second kappa shape index (κ2) is 8.93. The van der Waals surface area contributed by atoms with Gasteiger partial charge in [-0.3, -0.25) is 14.6 Å². The SMILES string of the molecule is CC(C)C(=O)NCc1ccc(C(C)(F)F)c(-c2nc(-c3cncc(Cl)c3)cc(=O)[nH]2)c1. The van der Waals surface area contributed by atoms with E-state index in [1.807, 2.05) is 0 Å². The Bertz CT molecular complexity index is 1170. The van der Waals surface area contributed by atoms with Crippen molar-refractivity contribution in [1.29, 1.82) is 0 Å². The summed E-state index contributed by atoms with van der Waals surface area (Å²) in [6, 6.07) is 7.10. The van der Waals surface area contributed by atoms with Crippen LogP contribution in [0.1, 0.15) is 31.9 Å². The van der Waals surface area contributed by atoms with Crippen molar-refractivity contribution in [3.8, 4) is 22.6 Å². The smallest absolute Gasteiger partial charge is 0.271 e. The molecular weight excluding hydrogens is 426 g/mol. The standard InChI is InChI=1S/C22H21ClF2N4O2/c1-12(2)21(31)27-9-13-4-5-17(22(3,24)25)16(6-13)20-28-18(8-19(30)29-20)14-7-15(23)11-26-10-14/h4-8,10-12H,9H2,1-3H3,(H,27,31)(H,28,29,30). The first-order chi connectivity index (χ1) is 14.5. The molecule has 6 nitrogen and oxygen atoms in total. The van der Waals surface area contributed by atoms with Crippen molar-refractivity contribution in [2.24, 2.45) is 5.92 Å². The van der Waals surface area contributed by atoms with Crippen LogP contribution in [0.15, 0.2) is 47.5 Å². The van der Waals surface area contributed by atoms with Crippen molar-refractivity contribution >= 4 is 17.5 Å². The van der Waals surface area contributed by atoms with E-state index < -0.39 is 11.5 Å². The minimum atomic E-state index is -3.18. The number of alkyl halides is 2. The summed E-state index contributed by atoms with van der Waals surface area (Å²) in [4.78, 5) is 35.0. The van der Waals surface area contributed by atoms with Gasteiger partial charge < -0.3 is 10.3 Å². The first-order valence-electron chi connectivity index (χ1n) is 9.56. The van der Waals surface area contributed by atoms with E-state index in [2.05, 4.69) is 20.3 Å². The van der Waals surface area contributed by atoms with Gasteiger partial charge in [0.1, 0.15) is 5.82 Å². The summed E-state index contributed by atoms with van der Waals surface area (Å²) in [6.45, 7) is 4.44. The third-order valence-corrected chi connectivity index (χ3v) is 4.75. The van der Waals surface area contributed by atoms with E-state index in [-0.39, 0.29) is 41.0 Å². The van der Waals surface area contributed by atoms with Crippen LogP contribution >= 0.6 is 11.6 Å². The summed E-state index contributed by atoms with van der Waals surface area (Å²) in [5, 5.41) is 3.10. The van der Waals surface area contributed by atoms with Crippen LogP contribution in [0, 0.1) is 5.92 Å². The number of H-pyrrole nitrogens is 1. The molecule has 2 heterocycles. The van der Waals surface area contributed by atoms with E-state index in [1.54, 1.807) is 19.9 Å². The molecule has 162 valence electrons. The van der Waals surface area contributed by atoms with Crippen molar-refractivity contribution in [1.82, 2.24) is 20.3 Å². The first-order valence-corrected chi connectivity index (χ1v) is 9.94. The van der Waals surface area contributed by atoms with Crippen LogP contribution in [-0.2, 0) is 17.3 Å². The number of hydrogen-bond donors (Lipinski definition) is 2. The zero-order chi connectivity index (χ0) is 22.8. The van der Waals surface area contributed by atoms with Crippen LogP contribution in [0.4, 0.5) is 8.78 Å². The minimum absolute atomic E-state index is 0.0176. The van der Waals surface area contributed by atoms with Crippen LogP contribution in [0.5, 0.6) is 0 Å². The van der Waals surface area contributed by atoms with Gasteiger partial charge in [0.15, 0.2) is 0 Å². The lowest BCUT2D eigenvalue weighted by molar-refractivity contribution is -0.124. The number of aromatic nitrogens is 3. The van der Waals surface area contributed by atoms with Gasteiger partial charge in [-0.15, -0.1) is 0 Å². The average Bonchev–Trinajstić information content (AvgIpc) is 2.70. The maximum Gasteiger partial charge on any atom is 0.271 e. The molecule has 9 heteroatoms. The Labute approximate surface area is 182 Å². The molecule has 0 aliphatic heterocycles. The summed E-state index contributed by atoms with van der Waals surface area (Å²) >= 11 is 5.97. The molecule has 0 fully saturated rings. The quantitative estimate of drug-likeness (QED) is 0.582. The lowest BCUT2D eigenvalue weighted by atomic mass is 9.98. The van der Waals surface area contributed by atoms with Crippen LogP contribution < -0.4 is 10.9 Å². The molecule has 0 aliphatic carbocycles. The van der Waals surface area contributed by atoms with E-state index in [0.717, 1.165) is 6.92 Å². The second-order valence-electron chi connectivity index (χ2n) is 7.51. The number of aromatic amines is 1. The third-order valence-electron chi connectivity index (χ3n) is 4.55. The lowest BCUT2D eigenvalue weighted by Crippen LogP contribution is -2.27. The van der Waals surface area contributed by atoms with E-state index in [4.69, 9.17) is 11.6 Å². The molecule has 2 N–H and O–H groups in total. The molecule has 1 aromatic carbocycles. The zero-order valence-corrected chi connectivity index (χ0v) is 17.9. The van der Waals surface area contributed by atoms with Gasteiger partial charge in [-0.1, -0.05) is 37.6 Å². The highest BCUT2D eigenvalue weighted by Gasteiger charge is 2.29. The summed E-state index contributed by atoms with van der Waals surface area (Å²) < 4.78 is 28.6. The number of amides is 1. The maximum absolute atomic E-state index is 14.3. The molecule has 0 radical (unpaired) electrons. The second-order valence-corrected chi connectivity index (χ2v) is 7.95. The Morgan fingerprint density at radius 2 is 1.97 bits per heavy atom. The number of halogens is 3. The van der Waals surface area contributed by atoms with Gasteiger partial charge in [0, 0.05) is 54.5 Å². The van der Waals surface area contributed by atoms with Crippen molar-refractivity contribution < 1.29 is 13.6 Å². The number of rotatable bonds is 6. The topological polar surface area (TPSA) is 87.7 Å². The Hall–Kier alpha value is -3.13. The van der Waals surface area contributed by atoms with Crippen LogP contribution in [-0.4, -0.2) is 20.9 Å². The van der Waals surface area contributed by atoms with Crippen LogP contribution in [0.25, 0.3) is 22.6 Å². The number of nitrogens with one attached hydrogen (secondary N) is 2. The number of nitrogens with zero attached hydrogens (tertiary/aromatic N) is 2. The number of hydrogen-bond acceptors (Lipinski definition) is 4. The number of carbonyl (C=O) groups is 1. The maximum atomic E-state index is 14.3. The number of pyridine rings is 1. The molecule has 3 rings (SSSR count). The molecular formula is C22H21ClF2N4O2. The van der Waals surface area contributed by atoms with Gasteiger partial charge >= 0.3 is 0 Å². The van der Waals surface area contributed by atoms with E-state index in [9.17, 15) is 18.4 Å². The fourth-order valence-electron chi connectivity index (χ4n) is 2.96. The molecule has 0 saturated carbocycles. The molecule has 0 aliphatic rings. The van der Waals surface area contributed by atoms with Gasteiger partial charge in [-0.2, -0.15) is 0 Å². The molecule has 1 amide bonds. The number of carbonyl (C=O) groups excluding carboxylic acids is 1. The predicted octanol–water partition coefficient (Wildman–Crippen LogP) is 4.54. The van der Waals surface area contributed by atoms with Gasteiger partial charge in [-0.25, -0.2) is 13.8 Å². The third kappa shape index (κ3) is 5.52. The molecule has 0 saturated heterocycles. The van der Waals surface area contributed by atoms with Crippen LogP contribution in [0.2, 0.25) is 5.02 Å². The highest BCUT2D eigenvalue weighted by molar-refractivity contribution is 6.30. The molecule has 3 aromatic rings. The van der Waals surface area contributed by atoms with Gasteiger partial charge in [0.05, 0.1) is 10.7 Å². The van der Waals surface area contributed by atoms with Crippen LogP contribution in [0.3, 0.4) is 0 Å². The van der Waals surface area contributed by atoms with Gasteiger partial charge in [0.2, 0.25) is 5.91 Å². The monoisotopic (exact) mass is 446 g/mol. The average molecular weight is 447 g/mol. The number of benzene rings is 1. The fraction of sp³-hybridized carbons (Fsp3) is 0.273. The molecule has 0 unspecified atom stereocenters. The molecule has 0 atom stereocenters. The molecule has 31 heavy (non-hydrogen) atoms. The van der Waals surface area contributed by atoms with Crippen molar-refractivity contribution in [3.05, 3.63) is 69.2 Å². The van der Waals surface area contributed by atoms with E-state index in [1.165, 1.54) is 36.7 Å². The Morgan fingerprint density at radius 3 is 2.61 bits per heavy atom. The molecule has 2 aromatic heterocycles. The molecule has 0 bridgehead atoms. The summed E-state index contributed by atoms with van der Waals surface area (Å²) in [7, 11) is 0. The summed E-state index contributed by atoms with van der Waals surface area (Å²) in [5.41, 5.74) is 0.578. The highest BCUT2D eigenvalue weighted by Crippen LogP contribution is 2.35. The Morgan fingerprint density at radius 1 is 1.23 bits per heavy atom. The lowest BCUT2D eigenvalue weighted by Gasteiger charge is -2.17. The van der Waals surface area contributed by atoms with Crippen molar-refractivity contribution in [2.45, 2.75) is 33.2 Å². The van der Waals surface area contributed by atoms with E-state index in [0.29, 0.717) is 16.1 Å². The Kier molecular flexibility index (Phi) is 6.50. The summed E-state index contributed by atoms with van der Waals surface area (Å²) in [6.07, 6.45) is 2.91. The Balaban J connectivity index is 2.10. The normalized spacial score (nSPS) is 11.6. The largest absolute Gasteiger partial charge is 0.352 e. The van der Waals surface area contributed by atoms with Gasteiger partial charge in [0.25, 0.3) is 11.5 Å². The zero-order valence-electron chi connectivity index (χ0n) is 17.2. The molecule has 0 spiro atoms. The fourth-order valence-corrected chi connectivity index (χ4v) is 3.13. The highest BCUT2D eigenvalue weighted by atomic mass is 35.5. The summed E-state index contributed by atoms with van der Waals surface area (Å²) in [5.74, 6) is -3.56. The van der Waals surface area contributed by atoms with E-state index >= 15 is 0 Å². The minimum Gasteiger partial charge on any atom is -0.352 e.